The summed E-state index contributed by atoms with van der Waals surface area (Å²) < 4.78 is 35.4. The molecule has 12 nitrogen and oxygen atoms in total. The molecule has 0 bridgehead atoms. The predicted octanol–water partition coefficient (Wildman–Crippen LogP) is 8.82. The van der Waals surface area contributed by atoms with Crippen molar-refractivity contribution >= 4 is 68.3 Å². The zero-order valence-corrected chi connectivity index (χ0v) is 29.5. The third kappa shape index (κ3) is 9.72. The molecule has 2 aromatic heterocycles. The normalized spacial score (nSPS) is 14.6. The van der Waals surface area contributed by atoms with Crippen LogP contribution < -0.4 is 21.3 Å². The number of carbonyl (C=O) groups excluding carboxylic acids is 4. The van der Waals surface area contributed by atoms with Crippen LogP contribution in [0.1, 0.15) is 103 Å². The van der Waals surface area contributed by atoms with Crippen molar-refractivity contribution in [3.63, 3.8) is 0 Å². The molecule has 0 saturated heterocycles. The molecule has 0 atom stereocenters. The fourth-order valence-electron chi connectivity index (χ4n) is 5.84. The number of hydrogen-bond donors (Lipinski definition) is 4. The molecule has 2 aromatic carbocycles. The minimum Gasteiger partial charge on any atom is -0.307 e. The molecule has 50 heavy (non-hydrogen) atoms. The Kier molecular flexibility index (Phi) is 12.3. The summed E-state index contributed by atoms with van der Waals surface area (Å²) >= 11 is 2.15. The number of carbonyl (C=O) groups is 4. The van der Waals surface area contributed by atoms with Crippen LogP contribution in [0.3, 0.4) is 0 Å². The van der Waals surface area contributed by atoms with E-state index in [1.165, 1.54) is 36.4 Å². The number of anilines is 4. The highest BCUT2D eigenvalue weighted by atomic mass is 32.1. The van der Waals surface area contributed by atoms with Crippen molar-refractivity contribution in [2.75, 3.05) is 21.3 Å². The van der Waals surface area contributed by atoms with Gasteiger partial charge in [-0.15, -0.1) is 0 Å². The van der Waals surface area contributed by atoms with Crippen molar-refractivity contribution in [1.82, 2.24) is 18.7 Å². The van der Waals surface area contributed by atoms with E-state index < -0.39 is 23.7 Å². The number of aryl methyl sites for hydroxylation is 1. The largest absolute Gasteiger partial charge is 0.325 e. The van der Waals surface area contributed by atoms with Gasteiger partial charge in [0.1, 0.15) is 23.3 Å². The monoisotopic (exact) mass is 724 g/mol. The Morgan fingerprint density at radius 2 is 1.12 bits per heavy atom. The summed E-state index contributed by atoms with van der Waals surface area (Å²) in [6.45, 7) is 5.65. The Morgan fingerprint density at radius 1 is 0.680 bits per heavy atom. The summed E-state index contributed by atoms with van der Waals surface area (Å²) in [5, 5.41) is 11.1. The number of rotatable bonds is 9. The van der Waals surface area contributed by atoms with Gasteiger partial charge in [0.25, 0.3) is 0 Å². The molecule has 16 heteroatoms. The van der Waals surface area contributed by atoms with E-state index in [-0.39, 0.29) is 40.4 Å². The van der Waals surface area contributed by atoms with Crippen molar-refractivity contribution in [3.05, 3.63) is 70.8 Å². The Balaban J connectivity index is 0.000000195. The number of benzene rings is 2. The standard InChI is InChI=1S/C18H21FN4O2S.C16H17FN4O2S/c1-10(2)16-21-18(26-23-16)22-17(25)20-14-8-7-12(19)9-13(14)15(24)11-5-3-4-6-11;1-9-18-16(24-21-9)20-15(23)19-13-7-6-11(17)8-12(13)14(22)10-4-2-3-5-10/h7-11H,3-6H2,1-2H3,(H2,20,21,22,23,25);6-8,10H,2-5H2,1H3,(H2,18,19,20,21,23). The lowest BCUT2D eigenvalue weighted by Gasteiger charge is -2.13. The minimum absolute atomic E-state index is 0.0961. The smallest absolute Gasteiger partial charge is 0.307 e. The van der Waals surface area contributed by atoms with Crippen molar-refractivity contribution in [1.29, 1.82) is 0 Å². The first-order valence-corrected chi connectivity index (χ1v) is 18.0. The van der Waals surface area contributed by atoms with Gasteiger partial charge in [-0.1, -0.05) is 39.5 Å². The molecule has 2 aliphatic rings. The summed E-state index contributed by atoms with van der Waals surface area (Å²) in [6.07, 6.45) is 7.26. The molecule has 4 N–H and O–H groups in total. The zero-order chi connectivity index (χ0) is 35.8. The van der Waals surface area contributed by atoms with E-state index in [1.54, 1.807) is 6.92 Å². The van der Waals surface area contributed by atoms with Gasteiger partial charge in [0.15, 0.2) is 11.6 Å². The average molecular weight is 725 g/mol. The molecular formula is C34H38F2N8O4S2. The van der Waals surface area contributed by atoms with E-state index in [4.69, 9.17) is 0 Å². The first-order valence-electron chi connectivity index (χ1n) is 16.4. The van der Waals surface area contributed by atoms with Crippen LogP contribution in [-0.2, 0) is 0 Å². The van der Waals surface area contributed by atoms with Crippen LogP contribution in [0, 0.1) is 30.4 Å². The van der Waals surface area contributed by atoms with Crippen molar-refractivity contribution in [2.24, 2.45) is 11.8 Å². The molecule has 0 unspecified atom stereocenters. The van der Waals surface area contributed by atoms with Crippen LogP contribution in [0.2, 0.25) is 0 Å². The number of aromatic nitrogens is 4. The van der Waals surface area contributed by atoms with Gasteiger partial charge in [-0.25, -0.2) is 28.3 Å². The lowest BCUT2D eigenvalue weighted by molar-refractivity contribution is 0.0916. The number of urea groups is 2. The second-order valence-electron chi connectivity index (χ2n) is 12.5. The second-order valence-corrected chi connectivity index (χ2v) is 14.0. The molecule has 264 valence electrons. The maximum absolute atomic E-state index is 13.7. The van der Waals surface area contributed by atoms with Crippen LogP contribution in [-0.4, -0.2) is 42.3 Å². The van der Waals surface area contributed by atoms with Crippen molar-refractivity contribution < 1.29 is 28.0 Å². The maximum Gasteiger partial charge on any atom is 0.325 e. The zero-order valence-electron chi connectivity index (χ0n) is 27.8. The first kappa shape index (κ1) is 36.6. The summed E-state index contributed by atoms with van der Waals surface area (Å²) in [5.74, 6) is -0.0382. The Bertz CT molecular complexity index is 1850. The summed E-state index contributed by atoms with van der Waals surface area (Å²) in [5.41, 5.74) is 1.03. The lowest BCUT2D eigenvalue weighted by Crippen LogP contribution is -2.22. The molecule has 2 heterocycles. The number of nitrogens with one attached hydrogen (secondary N) is 4. The van der Waals surface area contributed by atoms with E-state index in [1.807, 2.05) is 13.8 Å². The Labute approximate surface area is 296 Å². The fourth-order valence-corrected chi connectivity index (χ4v) is 7.12. The van der Waals surface area contributed by atoms with Crippen LogP contribution >= 0.6 is 23.1 Å². The Hall–Kier alpha value is -4.70. The first-order chi connectivity index (χ1) is 24.0. The minimum atomic E-state index is -0.543. The van der Waals surface area contributed by atoms with E-state index in [0.29, 0.717) is 33.3 Å². The molecule has 0 aliphatic heterocycles. The topological polar surface area (TPSA) is 168 Å². The highest BCUT2D eigenvalue weighted by Gasteiger charge is 2.28. The number of nitrogens with zero attached hydrogens (tertiary/aromatic N) is 4. The Morgan fingerprint density at radius 3 is 1.52 bits per heavy atom. The van der Waals surface area contributed by atoms with Gasteiger partial charge in [-0.2, -0.15) is 8.75 Å². The van der Waals surface area contributed by atoms with Crippen LogP contribution in [0.4, 0.5) is 40.0 Å². The average Bonchev–Trinajstić information content (AvgIpc) is 3.91. The van der Waals surface area contributed by atoms with E-state index in [9.17, 15) is 28.0 Å². The number of Topliss-reactive ketones (excluding diaryl/α,β-unsaturated/α-hetero) is 2. The summed E-state index contributed by atoms with van der Waals surface area (Å²) in [7, 11) is 0. The van der Waals surface area contributed by atoms with E-state index in [0.717, 1.165) is 74.4 Å². The van der Waals surface area contributed by atoms with Gasteiger partial charge in [0.05, 0.1) is 11.4 Å². The van der Waals surface area contributed by atoms with Gasteiger partial charge in [0, 0.05) is 51.9 Å². The molecule has 4 aromatic rings. The molecule has 6 rings (SSSR count). The van der Waals surface area contributed by atoms with Gasteiger partial charge in [-0.05, 0) is 69.0 Å². The van der Waals surface area contributed by atoms with Crippen LogP contribution in [0.25, 0.3) is 0 Å². The van der Waals surface area contributed by atoms with Crippen molar-refractivity contribution in [3.8, 4) is 0 Å². The molecule has 2 saturated carbocycles. The fraction of sp³-hybridized carbons (Fsp3) is 0.412. The van der Waals surface area contributed by atoms with Gasteiger partial charge >= 0.3 is 12.1 Å². The predicted molar refractivity (Wildman–Crippen MR) is 189 cm³/mol. The van der Waals surface area contributed by atoms with E-state index in [2.05, 4.69) is 40.0 Å². The van der Waals surface area contributed by atoms with Gasteiger partial charge in [-0.3, -0.25) is 20.2 Å². The van der Waals surface area contributed by atoms with Gasteiger partial charge < -0.3 is 10.6 Å². The summed E-state index contributed by atoms with van der Waals surface area (Å²) in [6, 6.07) is 6.56. The quantitative estimate of drug-likeness (QED) is 0.124. The molecule has 0 radical (unpaired) electrons. The number of amides is 4. The molecular weight excluding hydrogens is 687 g/mol. The van der Waals surface area contributed by atoms with E-state index >= 15 is 0 Å². The lowest BCUT2D eigenvalue weighted by atomic mass is 9.95. The third-order valence-corrected chi connectivity index (χ3v) is 9.74. The molecule has 4 amide bonds. The SMILES string of the molecule is CC(C)c1nsc(NC(=O)Nc2ccc(F)cc2C(=O)C2CCCC2)n1.Cc1nsc(NC(=O)Nc2ccc(F)cc2C(=O)C2CCCC2)n1. The number of ketones is 2. The van der Waals surface area contributed by atoms with Gasteiger partial charge in [0.2, 0.25) is 10.3 Å². The van der Waals surface area contributed by atoms with Crippen LogP contribution in [0.5, 0.6) is 0 Å². The maximum atomic E-state index is 13.7. The highest BCUT2D eigenvalue weighted by molar-refractivity contribution is 7.10. The number of halogens is 2. The number of hydrogen-bond acceptors (Lipinski definition) is 10. The second kappa shape index (κ2) is 16.8. The van der Waals surface area contributed by atoms with Crippen LogP contribution in [0.15, 0.2) is 36.4 Å². The summed E-state index contributed by atoms with van der Waals surface area (Å²) in [4.78, 5) is 57.9. The molecule has 2 fully saturated rings. The van der Waals surface area contributed by atoms with Crippen molar-refractivity contribution in [2.45, 2.75) is 78.1 Å². The highest BCUT2D eigenvalue weighted by Crippen LogP contribution is 2.32. The molecule has 2 aliphatic carbocycles. The third-order valence-electron chi connectivity index (χ3n) is 8.37. The molecule has 0 spiro atoms.